The van der Waals surface area contributed by atoms with Crippen LogP contribution in [0.1, 0.15) is 24.8 Å². The number of rotatable bonds is 6. The highest BCUT2D eigenvalue weighted by molar-refractivity contribution is 5.20. The van der Waals surface area contributed by atoms with Crippen molar-refractivity contribution in [2.24, 2.45) is 0 Å². The van der Waals surface area contributed by atoms with Crippen molar-refractivity contribution in [3.63, 3.8) is 0 Å². The van der Waals surface area contributed by atoms with Crippen molar-refractivity contribution in [1.82, 2.24) is 0 Å². The van der Waals surface area contributed by atoms with E-state index in [1.165, 1.54) is 12.1 Å². The van der Waals surface area contributed by atoms with Gasteiger partial charge in [-0.25, -0.2) is 4.39 Å². The van der Waals surface area contributed by atoms with Crippen LogP contribution in [0.15, 0.2) is 24.3 Å². The molecule has 15 heavy (non-hydrogen) atoms. The van der Waals surface area contributed by atoms with Gasteiger partial charge in [0.15, 0.2) is 0 Å². The molecule has 1 unspecified atom stereocenters. The molecule has 0 saturated carbocycles. The topological polar surface area (TPSA) is 29.5 Å². The molecular formula is C12H17FO2. The van der Waals surface area contributed by atoms with E-state index in [-0.39, 0.29) is 18.3 Å². The molecule has 0 bridgehead atoms. The molecule has 0 heterocycles. The van der Waals surface area contributed by atoms with E-state index in [1.54, 1.807) is 6.07 Å². The van der Waals surface area contributed by atoms with E-state index in [9.17, 15) is 9.50 Å². The van der Waals surface area contributed by atoms with Crippen LogP contribution in [0.5, 0.6) is 0 Å². The number of benzene rings is 1. The quantitative estimate of drug-likeness (QED) is 0.733. The van der Waals surface area contributed by atoms with Crippen LogP contribution in [0, 0.1) is 5.82 Å². The number of ether oxygens (including phenoxy) is 1. The first-order valence-electron chi connectivity index (χ1n) is 5.22. The fraction of sp³-hybridized carbons (Fsp3) is 0.500. The second kappa shape index (κ2) is 6.53. The Morgan fingerprint density at radius 1 is 1.47 bits per heavy atom. The highest BCUT2D eigenvalue weighted by Gasteiger charge is 2.10. The monoisotopic (exact) mass is 212 g/mol. The van der Waals surface area contributed by atoms with Crippen LogP contribution in [0.4, 0.5) is 4.39 Å². The van der Waals surface area contributed by atoms with Gasteiger partial charge in [-0.1, -0.05) is 12.1 Å². The van der Waals surface area contributed by atoms with Crippen LogP contribution in [-0.2, 0) is 4.74 Å². The van der Waals surface area contributed by atoms with Gasteiger partial charge in [0.05, 0.1) is 6.61 Å². The van der Waals surface area contributed by atoms with Gasteiger partial charge in [-0.2, -0.15) is 0 Å². The molecule has 1 aromatic rings. The smallest absolute Gasteiger partial charge is 0.123 e. The van der Waals surface area contributed by atoms with Crippen molar-refractivity contribution in [3.8, 4) is 0 Å². The fourth-order valence-electron chi connectivity index (χ4n) is 1.49. The summed E-state index contributed by atoms with van der Waals surface area (Å²) < 4.78 is 18.2. The Bertz CT molecular complexity index is 289. The molecule has 0 aliphatic rings. The summed E-state index contributed by atoms with van der Waals surface area (Å²) in [4.78, 5) is 0. The third-order valence-corrected chi connectivity index (χ3v) is 2.36. The van der Waals surface area contributed by atoms with Crippen molar-refractivity contribution in [2.45, 2.75) is 19.3 Å². The maximum absolute atomic E-state index is 12.9. The van der Waals surface area contributed by atoms with Crippen molar-refractivity contribution in [2.75, 3.05) is 19.8 Å². The van der Waals surface area contributed by atoms with Crippen LogP contribution in [0.25, 0.3) is 0 Å². The Kier molecular flexibility index (Phi) is 5.29. The largest absolute Gasteiger partial charge is 0.396 e. The van der Waals surface area contributed by atoms with Gasteiger partial charge in [-0.05, 0) is 31.0 Å². The summed E-state index contributed by atoms with van der Waals surface area (Å²) in [5, 5.41) is 9.19. The second-order valence-electron chi connectivity index (χ2n) is 3.42. The zero-order valence-electron chi connectivity index (χ0n) is 8.95. The van der Waals surface area contributed by atoms with Gasteiger partial charge in [0.2, 0.25) is 0 Å². The minimum absolute atomic E-state index is 0.0243. The Morgan fingerprint density at radius 3 is 2.87 bits per heavy atom. The van der Waals surface area contributed by atoms with Crippen LogP contribution >= 0.6 is 0 Å². The summed E-state index contributed by atoms with van der Waals surface area (Å²) in [5.74, 6) is -0.297. The van der Waals surface area contributed by atoms with E-state index in [1.807, 2.05) is 13.0 Å². The normalized spacial score (nSPS) is 12.7. The number of aliphatic hydroxyl groups is 1. The molecular weight excluding hydrogens is 195 g/mol. The molecule has 1 aromatic carbocycles. The number of hydrogen-bond acceptors (Lipinski definition) is 2. The molecule has 0 aliphatic carbocycles. The molecule has 0 aromatic heterocycles. The molecule has 0 saturated heterocycles. The Labute approximate surface area is 89.7 Å². The standard InChI is InChI=1S/C12H17FO2/c1-2-15-7-6-11(9-14)10-4-3-5-12(13)8-10/h3-5,8,11,14H,2,6-7,9H2,1H3. The lowest BCUT2D eigenvalue weighted by atomic mass is 9.97. The van der Waals surface area contributed by atoms with Gasteiger partial charge in [-0.3, -0.25) is 0 Å². The molecule has 1 N–H and O–H groups in total. The average Bonchev–Trinajstić information content (AvgIpc) is 2.24. The van der Waals surface area contributed by atoms with Crippen molar-refractivity contribution in [3.05, 3.63) is 35.6 Å². The number of halogens is 1. The summed E-state index contributed by atoms with van der Waals surface area (Å²) in [6.45, 7) is 3.21. The predicted octanol–water partition coefficient (Wildman–Crippen LogP) is 2.33. The number of aliphatic hydroxyl groups excluding tert-OH is 1. The summed E-state index contributed by atoms with van der Waals surface area (Å²) >= 11 is 0. The minimum Gasteiger partial charge on any atom is -0.396 e. The molecule has 0 spiro atoms. The third-order valence-electron chi connectivity index (χ3n) is 2.36. The Balaban J connectivity index is 2.57. The highest BCUT2D eigenvalue weighted by Crippen LogP contribution is 2.19. The van der Waals surface area contributed by atoms with Gasteiger partial charge in [0.25, 0.3) is 0 Å². The summed E-state index contributed by atoms with van der Waals surface area (Å²) in [6, 6.07) is 6.36. The van der Waals surface area contributed by atoms with Crippen LogP contribution in [0.2, 0.25) is 0 Å². The second-order valence-corrected chi connectivity index (χ2v) is 3.42. The average molecular weight is 212 g/mol. The molecule has 2 nitrogen and oxygen atoms in total. The molecule has 3 heteroatoms. The lowest BCUT2D eigenvalue weighted by Crippen LogP contribution is -2.08. The van der Waals surface area contributed by atoms with E-state index in [0.29, 0.717) is 19.6 Å². The van der Waals surface area contributed by atoms with Gasteiger partial charge in [0, 0.05) is 19.1 Å². The first-order chi connectivity index (χ1) is 7.27. The fourth-order valence-corrected chi connectivity index (χ4v) is 1.49. The summed E-state index contributed by atoms with van der Waals surface area (Å²) in [6.07, 6.45) is 0.716. The molecule has 0 aliphatic heterocycles. The molecule has 84 valence electrons. The number of hydrogen-bond donors (Lipinski definition) is 1. The van der Waals surface area contributed by atoms with Gasteiger partial charge < -0.3 is 9.84 Å². The maximum atomic E-state index is 12.9. The van der Waals surface area contributed by atoms with Crippen LogP contribution < -0.4 is 0 Å². The van der Waals surface area contributed by atoms with Crippen LogP contribution in [-0.4, -0.2) is 24.9 Å². The van der Waals surface area contributed by atoms with Crippen molar-refractivity contribution < 1.29 is 14.2 Å². The van der Waals surface area contributed by atoms with Crippen LogP contribution in [0.3, 0.4) is 0 Å². The Hall–Kier alpha value is -0.930. The predicted molar refractivity (Wildman–Crippen MR) is 57.3 cm³/mol. The summed E-state index contributed by atoms with van der Waals surface area (Å²) in [5.41, 5.74) is 0.831. The molecule has 1 atom stereocenters. The first kappa shape index (κ1) is 12.1. The van der Waals surface area contributed by atoms with E-state index < -0.39 is 0 Å². The lowest BCUT2D eigenvalue weighted by Gasteiger charge is -2.14. The highest BCUT2D eigenvalue weighted by atomic mass is 19.1. The van der Waals surface area contributed by atoms with Gasteiger partial charge in [-0.15, -0.1) is 0 Å². The minimum atomic E-state index is -0.262. The lowest BCUT2D eigenvalue weighted by molar-refractivity contribution is 0.130. The van der Waals surface area contributed by atoms with Gasteiger partial charge >= 0.3 is 0 Å². The maximum Gasteiger partial charge on any atom is 0.123 e. The molecule has 0 radical (unpaired) electrons. The van der Waals surface area contributed by atoms with Gasteiger partial charge in [0.1, 0.15) is 5.82 Å². The Morgan fingerprint density at radius 2 is 2.27 bits per heavy atom. The molecule has 0 amide bonds. The summed E-state index contributed by atoms with van der Waals surface area (Å²) in [7, 11) is 0. The van der Waals surface area contributed by atoms with Crippen molar-refractivity contribution >= 4 is 0 Å². The van der Waals surface area contributed by atoms with E-state index in [2.05, 4.69) is 0 Å². The van der Waals surface area contributed by atoms with E-state index >= 15 is 0 Å². The first-order valence-corrected chi connectivity index (χ1v) is 5.22. The third kappa shape index (κ3) is 3.98. The SMILES string of the molecule is CCOCCC(CO)c1cccc(F)c1. The zero-order valence-corrected chi connectivity index (χ0v) is 8.95. The zero-order chi connectivity index (χ0) is 11.1. The van der Waals surface area contributed by atoms with E-state index in [4.69, 9.17) is 4.74 Å². The van der Waals surface area contributed by atoms with E-state index in [0.717, 1.165) is 5.56 Å². The molecule has 0 fully saturated rings. The molecule has 1 rings (SSSR count). The van der Waals surface area contributed by atoms with Crippen molar-refractivity contribution in [1.29, 1.82) is 0 Å².